The van der Waals surface area contributed by atoms with E-state index in [1.165, 1.54) is 18.5 Å². The largest absolute Gasteiger partial charge is 0.416 e. The zero-order valence-corrected chi connectivity index (χ0v) is 20.2. The van der Waals surface area contributed by atoms with Crippen LogP contribution in [0.5, 0.6) is 0 Å². The van der Waals surface area contributed by atoms with Gasteiger partial charge in [0, 0.05) is 39.4 Å². The maximum Gasteiger partial charge on any atom is 0.416 e. The van der Waals surface area contributed by atoms with E-state index in [0.717, 1.165) is 12.1 Å². The van der Waals surface area contributed by atoms with E-state index in [-0.39, 0.29) is 37.2 Å². The van der Waals surface area contributed by atoms with Crippen molar-refractivity contribution in [3.8, 4) is 0 Å². The van der Waals surface area contributed by atoms with Gasteiger partial charge in [0.15, 0.2) is 11.6 Å². The second kappa shape index (κ2) is 11.6. The number of morpholine rings is 1. The number of hydrogen-bond donors (Lipinski definition) is 3. The van der Waals surface area contributed by atoms with E-state index in [9.17, 15) is 18.0 Å². The number of rotatable bonds is 8. The van der Waals surface area contributed by atoms with Crippen molar-refractivity contribution in [2.45, 2.75) is 25.1 Å². The number of nitrogens with zero attached hydrogens (tertiary/aromatic N) is 3. The molecule has 37 heavy (non-hydrogen) atoms. The zero-order valence-electron chi connectivity index (χ0n) is 20.2. The molecule has 202 valence electrons. The van der Waals surface area contributed by atoms with Crippen molar-refractivity contribution in [3.63, 3.8) is 0 Å². The third kappa shape index (κ3) is 6.11. The summed E-state index contributed by atoms with van der Waals surface area (Å²) in [5, 5.41) is 5.80. The van der Waals surface area contributed by atoms with E-state index in [0.29, 0.717) is 51.3 Å². The lowest BCUT2D eigenvalue weighted by molar-refractivity contribution is -0.137. The van der Waals surface area contributed by atoms with E-state index in [2.05, 4.69) is 20.6 Å². The molecule has 4 N–H and O–H groups in total. The van der Waals surface area contributed by atoms with Crippen LogP contribution in [0, 0.1) is 11.2 Å². The number of nitrogens with one attached hydrogen (secondary N) is 2. The van der Waals surface area contributed by atoms with Gasteiger partial charge in [-0.3, -0.25) is 4.79 Å². The first kappa shape index (κ1) is 27.0. The van der Waals surface area contributed by atoms with Crippen molar-refractivity contribution in [1.29, 1.82) is 0 Å². The number of alkyl halides is 3. The van der Waals surface area contributed by atoms with E-state index < -0.39 is 29.0 Å². The molecule has 0 aliphatic carbocycles. The molecule has 2 aromatic rings. The highest BCUT2D eigenvalue weighted by molar-refractivity contribution is 5.83. The van der Waals surface area contributed by atoms with Gasteiger partial charge in [-0.25, -0.2) is 9.97 Å². The summed E-state index contributed by atoms with van der Waals surface area (Å²) in [6.07, 6.45) is -2.33. The Morgan fingerprint density at radius 2 is 1.86 bits per heavy atom. The van der Waals surface area contributed by atoms with Gasteiger partial charge >= 0.3 is 6.18 Å². The van der Waals surface area contributed by atoms with E-state index in [1.807, 2.05) is 0 Å². The maximum absolute atomic E-state index is 15.7. The summed E-state index contributed by atoms with van der Waals surface area (Å²) in [5.41, 5.74) is 4.48. The lowest BCUT2D eigenvalue weighted by atomic mass is 9.79. The second-order valence-electron chi connectivity index (χ2n) is 9.05. The van der Waals surface area contributed by atoms with E-state index in [4.69, 9.17) is 15.2 Å². The van der Waals surface area contributed by atoms with Crippen LogP contribution in [0.4, 0.5) is 29.2 Å². The fraction of sp³-hybridized carbons (Fsp3) is 0.542. The lowest BCUT2D eigenvalue weighted by Crippen LogP contribution is -2.49. The molecule has 1 amide bonds. The molecule has 1 aromatic carbocycles. The van der Waals surface area contributed by atoms with Gasteiger partial charge in [0.1, 0.15) is 6.33 Å². The minimum absolute atomic E-state index is 0.000640. The minimum Gasteiger partial charge on any atom is -0.381 e. The number of anilines is 2. The first-order valence-electron chi connectivity index (χ1n) is 12.1. The molecule has 0 saturated carbocycles. The highest BCUT2D eigenvalue weighted by Crippen LogP contribution is 2.36. The summed E-state index contributed by atoms with van der Waals surface area (Å²) in [4.78, 5) is 22.7. The maximum atomic E-state index is 15.7. The average Bonchev–Trinajstić information content (AvgIpc) is 2.91. The van der Waals surface area contributed by atoms with Gasteiger partial charge in [-0.05, 0) is 30.5 Å². The molecule has 0 radical (unpaired) electrons. The van der Waals surface area contributed by atoms with Crippen LogP contribution < -0.4 is 21.3 Å². The minimum atomic E-state index is -4.45. The molecule has 4 rings (SSSR count). The molecule has 0 unspecified atom stereocenters. The smallest absolute Gasteiger partial charge is 0.381 e. The summed E-state index contributed by atoms with van der Waals surface area (Å²) in [5.74, 6) is -0.968. The number of ether oxygens (including phenoxy) is 2. The Morgan fingerprint density at radius 3 is 2.54 bits per heavy atom. The van der Waals surface area contributed by atoms with E-state index in [1.54, 1.807) is 4.90 Å². The van der Waals surface area contributed by atoms with Crippen molar-refractivity contribution in [2.24, 2.45) is 11.1 Å². The Balaban J connectivity index is 1.55. The molecule has 2 aliphatic heterocycles. The van der Waals surface area contributed by atoms with Crippen LogP contribution in [0.15, 0.2) is 30.6 Å². The Labute approximate surface area is 211 Å². The van der Waals surface area contributed by atoms with Crippen molar-refractivity contribution in [3.05, 3.63) is 47.5 Å². The Morgan fingerprint density at radius 1 is 1.14 bits per heavy atom. The van der Waals surface area contributed by atoms with Gasteiger partial charge < -0.3 is 30.7 Å². The summed E-state index contributed by atoms with van der Waals surface area (Å²) in [7, 11) is 0. The number of halogens is 4. The van der Waals surface area contributed by atoms with Crippen LogP contribution in [-0.4, -0.2) is 68.5 Å². The Bertz CT molecular complexity index is 1060. The predicted octanol–water partition coefficient (Wildman–Crippen LogP) is 2.50. The second-order valence-corrected chi connectivity index (χ2v) is 9.05. The van der Waals surface area contributed by atoms with Crippen LogP contribution in [-0.2, 0) is 20.4 Å². The highest BCUT2D eigenvalue weighted by Gasteiger charge is 2.40. The number of carbonyl (C=O) groups excluding carboxylic acids is 1. The molecule has 13 heteroatoms. The number of carbonyl (C=O) groups is 1. The van der Waals surface area contributed by atoms with Gasteiger partial charge in [0.2, 0.25) is 11.7 Å². The molecular weight excluding hydrogens is 496 g/mol. The fourth-order valence-electron chi connectivity index (χ4n) is 4.58. The lowest BCUT2D eigenvalue weighted by Gasteiger charge is -2.37. The molecule has 0 spiro atoms. The molecule has 2 fully saturated rings. The van der Waals surface area contributed by atoms with Crippen LogP contribution in [0.3, 0.4) is 0 Å². The van der Waals surface area contributed by atoms with Crippen LogP contribution in [0.25, 0.3) is 0 Å². The Hall–Kier alpha value is -3.03. The van der Waals surface area contributed by atoms with Crippen molar-refractivity contribution in [2.75, 3.05) is 62.8 Å². The summed E-state index contributed by atoms with van der Waals surface area (Å²) in [6.45, 7) is 2.30. The molecule has 2 aliphatic rings. The molecule has 0 bridgehead atoms. The van der Waals surface area contributed by atoms with Crippen LogP contribution in [0.2, 0.25) is 0 Å². The normalized spacial score (nSPS) is 19.9. The number of hydrogen-bond acceptors (Lipinski definition) is 8. The van der Waals surface area contributed by atoms with E-state index >= 15 is 4.39 Å². The quantitative estimate of drug-likeness (QED) is 0.450. The molecule has 2 saturated heterocycles. The molecule has 1 atom stereocenters. The molecule has 3 heterocycles. The van der Waals surface area contributed by atoms with Crippen LogP contribution >= 0.6 is 0 Å². The van der Waals surface area contributed by atoms with Crippen molar-refractivity contribution >= 4 is 17.5 Å². The molecule has 9 nitrogen and oxygen atoms in total. The third-order valence-electron chi connectivity index (χ3n) is 6.75. The predicted molar refractivity (Wildman–Crippen MR) is 127 cm³/mol. The van der Waals surface area contributed by atoms with Crippen molar-refractivity contribution < 1.29 is 31.8 Å². The molecule has 1 aromatic heterocycles. The van der Waals surface area contributed by atoms with Crippen molar-refractivity contribution in [1.82, 2.24) is 15.3 Å². The van der Waals surface area contributed by atoms with Crippen LogP contribution in [0.1, 0.15) is 30.0 Å². The van der Waals surface area contributed by atoms with Gasteiger partial charge in [0.25, 0.3) is 0 Å². The van der Waals surface area contributed by atoms with Gasteiger partial charge in [-0.2, -0.15) is 17.6 Å². The summed E-state index contributed by atoms with van der Waals surface area (Å²) < 4.78 is 65.7. The fourth-order valence-corrected chi connectivity index (χ4v) is 4.58. The zero-order chi connectivity index (χ0) is 26.5. The van der Waals surface area contributed by atoms with Gasteiger partial charge in [0.05, 0.1) is 30.2 Å². The topological polar surface area (TPSA) is 115 Å². The summed E-state index contributed by atoms with van der Waals surface area (Å²) in [6, 6.07) is 4.17. The highest BCUT2D eigenvalue weighted by atomic mass is 19.4. The number of nitrogens with two attached hydrogens (primary N) is 1. The summed E-state index contributed by atoms with van der Waals surface area (Å²) >= 11 is 0. The Kier molecular flexibility index (Phi) is 8.45. The van der Waals surface area contributed by atoms with Gasteiger partial charge in [-0.15, -0.1) is 0 Å². The number of benzene rings is 1. The number of amides is 1. The number of aromatic nitrogens is 2. The average molecular weight is 527 g/mol. The SMILES string of the molecule is NCCNC(=O)C1(CNc2ncnc(N3CCOC[C@@H]3c3ccc(C(F)(F)F)cc3)c2F)CCOCC1. The van der Waals surface area contributed by atoms with Gasteiger partial charge in [-0.1, -0.05) is 12.1 Å². The standard InChI is InChI=1S/C24H30F4N6O3/c25-19-20(31-14-23(5-10-36-11-6-23)22(35)30-8-7-29)32-15-33-21(19)34-9-12-37-13-18(34)16-1-3-17(4-2-16)24(26,27)28/h1-4,15,18H,5-14,29H2,(H,30,35)(H,31,32,33)/t18-/m1/s1. The first-order valence-corrected chi connectivity index (χ1v) is 12.1. The molecular formula is C24H30F4N6O3. The monoisotopic (exact) mass is 526 g/mol. The first-order chi connectivity index (χ1) is 17.7. The third-order valence-corrected chi connectivity index (χ3v) is 6.75.